The Balaban J connectivity index is 2.57. The molecule has 2 atom stereocenters. The van der Waals surface area contributed by atoms with Gasteiger partial charge in [-0.15, -0.1) is 0 Å². The molecule has 0 aromatic carbocycles. The summed E-state index contributed by atoms with van der Waals surface area (Å²) in [6, 6.07) is 0. The van der Waals surface area contributed by atoms with E-state index in [1.807, 2.05) is 0 Å². The molecule has 0 aromatic rings. The third kappa shape index (κ3) is 2.11. The SMILES string of the molecule is CC(=O)C1(C)C=C2C(=CC1)C(C)(C)CC(C)C2(C)C. The molecule has 2 aliphatic carbocycles. The van der Waals surface area contributed by atoms with Crippen LogP contribution in [0.15, 0.2) is 23.3 Å². The van der Waals surface area contributed by atoms with Crippen LogP contribution in [0.25, 0.3) is 0 Å². The molecular formula is C18H28O. The van der Waals surface area contributed by atoms with E-state index in [0.717, 1.165) is 6.42 Å². The monoisotopic (exact) mass is 260 g/mol. The predicted octanol–water partition coefficient (Wildman–Crippen LogP) is 4.93. The Morgan fingerprint density at radius 2 is 1.74 bits per heavy atom. The lowest BCUT2D eigenvalue weighted by atomic mass is 9.53. The summed E-state index contributed by atoms with van der Waals surface area (Å²) in [6.07, 6.45) is 6.70. The summed E-state index contributed by atoms with van der Waals surface area (Å²) in [5.41, 5.74) is 3.00. The molecule has 2 aliphatic rings. The average Bonchev–Trinajstić information content (AvgIpc) is 2.26. The molecule has 2 unspecified atom stereocenters. The van der Waals surface area contributed by atoms with Crippen molar-refractivity contribution >= 4 is 5.78 Å². The van der Waals surface area contributed by atoms with Crippen molar-refractivity contribution in [2.45, 2.75) is 61.3 Å². The quantitative estimate of drug-likeness (QED) is 0.653. The highest BCUT2D eigenvalue weighted by atomic mass is 16.1. The minimum absolute atomic E-state index is 0.165. The Labute approximate surface area is 118 Å². The molecule has 0 amide bonds. The summed E-state index contributed by atoms with van der Waals surface area (Å²) in [5, 5.41) is 0. The molecule has 0 heterocycles. The van der Waals surface area contributed by atoms with Gasteiger partial charge in [0, 0.05) is 5.41 Å². The summed E-state index contributed by atoms with van der Waals surface area (Å²) in [4.78, 5) is 12.0. The number of ketones is 1. The van der Waals surface area contributed by atoms with Crippen molar-refractivity contribution < 1.29 is 4.79 Å². The predicted molar refractivity (Wildman–Crippen MR) is 80.9 cm³/mol. The summed E-state index contributed by atoms with van der Waals surface area (Å²) < 4.78 is 0. The molecule has 1 fully saturated rings. The van der Waals surface area contributed by atoms with Gasteiger partial charge in [0.1, 0.15) is 5.78 Å². The standard InChI is InChI=1S/C18H28O/c1-12-10-16(3,4)14-8-9-18(7,13(2)19)11-15(14)17(12,5)6/h8,11-12H,9-10H2,1-7H3. The van der Waals surface area contributed by atoms with Crippen LogP contribution in [-0.4, -0.2) is 5.78 Å². The van der Waals surface area contributed by atoms with Crippen molar-refractivity contribution in [3.8, 4) is 0 Å². The van der Waals surface area contributed by atoms with Crippen molar-refractivity contribution in [1.29, 1.82) is 0 Å². The van der Waals surface area contributed by atoms with Crippen molar-refractivity contribution in [3.63, 3.8) is 0 Å². The molecule has 1 saturated carbocycles. The second-order valence-electron chi connectivity index (χ2n) is 8.06. The number of hydrogen-bond donors (Lipinski definition) is 0. The molecule has 0 aliphatic heterocycles. The Hall–Kier alpha value is -0.850. The highest BCUT2D eigenvalue weighted by molar-refractivity contribution is 5.85. The Kier molecular flexibility index (Phi) is 3.12. The normalized spacial score (nSPS) is 36.1. The lowest BCUT2D eigenvalue weighted by Gasteiger charge is -2.51. The van der Waals surface area contributed by atoms with Crippen LogP contribution in [-0.2, 0) is 4.79 Å². The van der Waals surface area contributed by atoms with Crippen LogP contribution in [0.4, 0.5) is 0 Å². The van der Waals surface area contributed by atoms with Crippen LogP contribution < -0.4 is 0 Å². The van der Waals surface area contributed by atoms with E-state index < -0.39 is 0 Å². The first-order chi connectivity index (χ1) is 8.51. The van der Waals surface area contributed by atoms with E-state index in [2.05, 4.69) is 53.7 Å². The second-order valence-corrected chi connectivity index (χ2v) is 8.06. The molecule has 1 heteroatoms. The lowest BCUT2D eigenvalue weighted by Crippen LogP contribution is -2.41. The highest BCUT2D eigenvalue weighted by Crippen LogP contribution is 2.57. The van der Waals surface area contributed by atoms with Gasteiger partial charge in [0.25, 0.3) is 0 Å². The first-order valence-electron chi connectivity index (χ1n) is 7.46. The Bertz CT molecular complexity index is 476. The zero-order chi connectivity index (χ0) is 14.6. The maximum absolute atomic E-state index is 12.0. The number of carbonyl (C=O) groups is 1. The van der Waals surface area contributed by atoms with E-state index in [1.54, 1.807) is 6.92 Å². The Morgan fingerprint density at radius 3 is 2.26 bits per heavy atom. The van der Waals surface area contributed by atoms with Crippen molar-refractivity contribution in [2.24, 2.45) is 22.2 Å². The minimum Gasteiger partial charge on any atom is -0.299 e. The number of Topliss-reactive ketones (excluding diaryl/α,β-unsaturated/α-hetero) is 1. The average molecular weight is 260 g/mol. The molecule has 106 valence electrons. The van der Waals surface area contributed by atoms with E-state index in [9.17, 15) is 4.79 Å². The number of rotatable bonds is 1. The lowest BCUT2D eigenvalue weighted by molar-refractivity contribution is -0.123. The second kappa shape index (κ2) is 4.07. The van der Waals surface area contributed by atoms with E-state index in [-0.39, 0.29) is 22.0 Å². The van der Waals surface area contributed by atoms with Crippen molar-refractivity contribution in [2.75, 3.05) is 0 Å². The van der Waals surface area contributed by atoms with Crippen molar-refractivity contribution in [1.82, 2.24) is 0 Å². The molecule has 1 nitrogen and oxygen atoms in total. The maximum atomic E-state index is 12.0. The van der Waals surface area contributed by atoms with Crippen LogP contribution in [0.5, 0.6) is 0 Å². The molecule has 0 bridgehead atoms. The van der Waals surface area contributed by atoms with Gasteiger partial charge in [0.05, 0.1) is 0 Å². The molecule has 0 aromatic heterocycles. The molecule has 0 radical (unpaired) electrons. The number of hydrogen-bond acceptors (Lipinski definition) is 1. The van der Waals surface area contributed by atoms with Gasteiger partial charge < -0.3 is 0 Å². The van der Waals surface area contributed by atoms with Crippen molar-refractivity contribution in [3.05, 3.63) is 23.3 Å². The van der Waals surface area contributed by atoms with E-state index in [1.165, 1.54) is 17.6 Å². The topological polar surface area (TPSA) is 17.1 Å². The molecule has 0 N–H and O–H groups in total. The van der Waals surface area contributed by atoms with Crippen LogP contribution in [0.2, 0.25) is 0 Å². The maximum Gasteiger partial charge on any atom is 0.139 e. The number of carbonyl (C=O) groups excluding carboxylic acids is 1. The summed E-state index contributed by atoms with van der Waals surface area (Å²) >= 11 is 0. The third-order valence-corrected chi connectivity index (χ3v) is 5.76. The summed E-state index contributed by atoms with van der Waals surface area (Å²) in [5.74, 6) is 0.919. The minimum atomic E-state index is -0.302. The van der Waals surface area contributed by atoms with Crippen LogP contribution >= 0.6 is 0 Å². The summed E-state index contributed by atoms with van der Waals surface area (Å²) in [6.45, 7) is 15.5. The highest BCUT2D eigenvalue weighted by Gasteiger charge is 2.47. The van der Waals surface area contributed by atoms with Gasteiger partial charge in [0.2, 0.25) is 0 Å². The smallest absolute Gasteiger partial charge is 0.139 e. The van der Waals surface area contributed by atoms with Gasteiger partial charge in [-0.1, -0.05) is 46.8 Å². The van der Waals surface area contributed by atoms with Gasteiger partial charge in [0.15, 0.2) is 0 Å². The van der Waals surface area contributed by atoms with Gasteiger partial charge >= 0.3 is 0 Å². The molecule has 0 saturated heterocycles. The molecule has 19 heavy (non-hydrogen) atoms. The van der Waals surface area contributed by atoms with E-state index in [4.69, 9.17) is 0 Å². The van der Waals surface area contributed by atoms with Gasteiger partial charge in [-0.3, -0.25) is 4.79 Å². The van der Waals surface area contributed by atoms with Crippen LogP contribution in [0.3, 0.4) is 0 Å². The summed E-state index contributed by atoms with van der Waals surface area (Å²) in [7, 11) is 0. The van der Waals surface area contributed by atoms with Crippen LogP contribution in [0.1, 0.15) is 61.3 Å². The first-order valence-corrected chi connectivity index (χ1v) is 7.46. The van der Waals surface area contributed by atoms with Gasteiger partial charge in [-0.05, 0) is 54.6 Å². The van der Waals surface area contributed by atoms with E-state index in [0.29, 0.717) is 5.92 Å². The van der Waals surface area contributed by atoms with Gasteiger partial charge in [-0.2, -0.15) is 0 Å². The fraction of sp³-hybridized carbons (Fsp3) is 0.722. The zero-order valence-corrected chi connectivity index (χ0v) is 13.6. The zero-order valence-electron chi connectivity index (χ0n) is 13.6. The number of allylic oxidation sites excluding steroid dienone is 4. The molecule has 0 spiro atoms. The fourth-order valence-corrected chi connectivity index (χ4v) is 3.69. The largest absolute Gasteiger partial charge is 0.299 e. The molecular weight excluding hydrogens is 232 g/mol. The first kappa shape index (κ1) is 14.6. The van der Waals surface area contributed by atoms with E-state index >= 15 is 0 Å². The fourth-order valence-electron chi connectivity index (χ4n) is 3.69. The van der Waals surface area contributed by atoms with Gasteiger partial charge in [-0.25, -0.2) is 0 Å². The number of fused-ring (bicyclic) bond motifs is 1. The third-order valence-electron chi connectivity index (χ3n) is 5.76. The van der Waals surface area contributed by atoms with Crippen LogP contribution in [0, 0.1) is 22.2 Å². The molecule has 2 rings (SSSR count). The Morgan fingerprint density at radius 1 is 1.16 bits per heavy atom.